The lowest BCUT2D eigenvalue weighted by Crippen LogP contribution is -2.41. The van der Waals surface area contributed by atoms with E-state index in [-0.39, 0.29) is 30.0 Å². The first-order chi connectivity index (χ1) is 15.6. The highest BCUT2D eigenvalue weighted by Gasteiger charge is 2.37. The van der Waals surface area contributed by atoms with E-state index in [2.05, 4.69) is 0 Å². The first kappa shape index (κ1) is 22.8. The molecule has 1 unspecified atom stereocenters. The number of carboxylic acids is 1. The number of anilines is 1. The van der Waals surface area contributed by atoms with Gasteiger partial charge in [-0.15, -0.1) is 11.8 Å². The number of carbonyl (C=O) groups is 2. The number of nitrogens with zero attached hydrogens (tertiary/aromatic N) is 1. The van der Waals surface area contributed by atoms with Gasteiger partial charge in [-0.1, -0.05) is 30.3 Å². The van der Waals surface area contributed by atoms with Crippen LogP contribution < -0.4 is 4.90 Å². The molecule has 3 aromatic rings. The molecule has 1 N–H and O–H groups in total. The number of alkyl halides is 3. The fourth-order valence-corrected chi connectivity index (χ4v) is 4.95. The number of hydrogen-bond acceptors (Lipinski definition) is 3. The number of para-hydroxylation sites is 1. The summed E-state index contributed by atoms with van der Waals surface area (Å²) in [6.07, 6.45) is -4.50. The maximum absolute atomic E-state index is 13.5. The molecule has 1 atom stereocenters. The molecule has 0 radical (unpaired) electrons. The molecule has 1 heterocycles. The Morgan fingerprint density at radius 1 is 1.03 bits per heavy atom. The molecule has 1 aliphatic rings. The average molecular weight is 475 g/mol. The molecule has 1 amide bonds. The predicted octanol–water partition coefficient (Wildman–Crippen LogP) is 5.79. The predicted molar refractivity (Wildman–Crippen MR) is 116 cm³/mol. The standard InChI is InChI=1S/C24H17F4NO3S/c25-17-10-9-16(18(12-17)24(26,27)28)13-29-19-3-1-2-4-20(19)33-21(22(29)30)11-14-5-7-15(8-6-14)23(31)32/h1-10,12,21H,11,13H2,(H,31,32). The molecule has 4 rings (SSSR count). The molecule has 33 heavy (non-hydrogen) atoms. The van der Waals surface area contributed by atoms with Gasteiger partial charge in [-0.3, -0.25) is 4.79 Å². The van der Waals surface area contributed by atoms with Crippen molar-refractivity contribution in [3.63, 3.8) is 0 Å². The lowest BCUT2D eigenvalue weighted by atomic mass is 10.0. The van der Waals surface area contributed by atoms with Crippen molar-refractivity contribution in [3.05, 3.63) is 94.8 Å². The van der Waals surface area contributed by atoms with E-state index < -0.39 is 28.8 Å². The summed E-state index contributed by atoms with van der Waals surface area (Å²) in [7, 11) is 0. The third-order valence-corrected chi connectivity index (χ3v) is 6.55. The SMILES string of the molecule is O=C(O)c1ccc(CC2Sc3ccccc3N(Cc3ccc(F)cc3C(F)(F)F)C2=O)cc1. The fraction of sp³-hybridized carbons (Fsp3) is 0.167. The number of amides is 1. The number of rotatable bonds is 5. The van der Waals surface area contributed by atoms with E-state index >= 15 is 0 Å². The van der Waals surface area contributed by atoms with Crippen LogP contribution in [-0.2, 0) is 23.9 Å². The molecule has 3 aromatic carbocycles. The summed E-state index contributed by atoms with van der Waals surface area (Å²) in [6, 6.07) is 15.5. The van der Waals surface area contributed by atoms with Crippen LogP contribution in [0.4, 0.5) is 23.2 Å². The molecule has 0 bridgehead atoms. The van der Waals surface area contributed by atoms with Gasteiger partial charge in [0, 0.05) is 4.90 Å². The quantitative estimate of drug-likeness (QED) is 0.475. The van der Waals surface area contributed by atoms with Crippen molar-refractivity contribution in [2.45, 2.75) is 29.3 Å². The number of thioether (sulfide) groups is 1. The smallest absolute Gasteiger partial charge is 0.416 e. The Hall–Kier alpha value is -3.33. The van der Waals surface area contributed by atoms with E-state index in [1.807, 2.05) is 0 Å². The summed E-state index contributed by atoms with van der Waals surface area (Å²) < 4.78 is 54.1. The second kappa shape index (κ2) is 8.90. The zero-order chi connectivity index (χ0) is 23.8. The summed E-state index contributed by atoms with van der Waals surface area (Å²) in [5.41, 5.74) is 0.00466. The molecule has 4 nitrogen and oxygen atoms in total. The van der Waals surface area contributed by atoms with Gasteiger partial charge in [-0.2, -0.15) is 13.2 Å². The van der Waals surface area contributed by atoms with Crippen LogP contribution in [0, 0.1) is 5.82 Å². The van der Waals surface area contributed by atoms with Crippen molar-refractivity contribution in [2.24, 2.45) is 0 Å². The van der Waals surface area contributed by atoms with Crippen LogP contribution >= 0.6 is 11.8 Å². The van der Waals surface area contributed by atoms with Crippen molar-refractivity contribution in [3.8, 4) is 0 Å². The lowest BCUT2D eigenvalue weighted by molar-refractivity contribution is -0.138. The van der Waals surface area contributed by atoms with Crippen molar-refractivity contribution >= 4 is 29.3 Å². The minimum Gasteiger partial charge on any atom is -0.478 e. The number of benzene rings is 3. The molecule has 0 fully saturated rings. The Morgan fingerprint density at radius 3 is 2.39 bits per heavy atom. The van der Waals surface area contributed by atoms with Crippen LogP contribution in [-0.4, -0.2) is 22.2 Å². The Balaban J connectivity index is 1.67. The average Bonchev–Trinajstić information content (AvgIpc) is 2.77. The number of fused-ring (bicyclic) bond motifs is 1. The molecule has 0 aromatic heterocycles. The molecule has 0 saturated carbocycles. The fourth-order valence-electron chi connectivity index (χ4n) is 3.69. The molecular weight excluding hydrogens is 458 g/mol. The molecular formula is C24H17F4NO3S. The summed E-state index contributed by atoms with van der Waals surface area (Å²) in [6.45, 7) is -0.361. The topological polar surface area (TPSA) is 57.6 Å². The van der Waals surface area contributed by atoms with E-state index in [1.165, 1.54) is 28.8 Å². The van der Waals surface area contributed by atoms with E-state index in [1.54, 1.807) is 36.4 Å². The minimum absolute atomic E-state index is 0.115. The van der Waals surface area contributed by atoms with Crippen LogP contribution in [0.15, 0.2) is 71.6 Å². The summed E-state index contributed by atoms with van der Waals surface area (Å²) >= 11 is 1.31. The van der Waals surface area contributed by atoms with Crippen LogP contribution in [0.2, 0.25) is 0 Å². The molecule has 0 saturated heterocycles. The van der Waals surface area contributed by atoms with Gasteiger partial charge < -0.3 is 10.0 Å². The largest absolute Gasteiger partial charge is 0.478 e. The molecule has 0 spiro atoms. The van der Waals surface area contributed by atoms with Crippen LogP contribution in [0.25, 0.3) is 0 Å². The highest BCUT2D eigenvalue weighted by molar-refractivity contribution is 8.01. The zero-order valence-corrected chi connectivity index (χ0v) is 17.8. The second-order valence-electron chi connectivity index (χ2n) is 7.50. The molecule has 170 valence electrons. The van der Waals surface area contributed by atoms with Crippen LogP contribution in [0.3, 0.4) is 0 Å². The van der Waals surface area contributed by atoms with Gasteiger partial charge >= 0.3 is 12.1 Å². The van der Waals surface area contributed by atoms with Crippen molar-refractivity contribution in [2.75, 3.05) is 4.90 Å². The Morgan fingerprint density at radius 2 is 1.73 bits per heavy atom. The first-order valence-corrected chi connectivity index (χ1v) is 10.8. The minimum atomic E-state index is -4.77. The molecule has 1 aliphatic heterocycles. The maximum atomic E-state index is 13.5. The summed E-state index contributed by atoms with van der Waals surface area (Å²) in [4.78, 5) is 26.4. The van der Waals surface area contributed by atoms with E-state index in [0.717, 1.165) is 22.6 Å². The van der Waals surface area contributed by atoms with Crippen LogP contribution in [0.1, 0.15) is 27.0 Å². The van der Waals surface area contributed by atoms with Gasteiger partial charge in [0.05, 0.1) is 28.6 Å². The van der Waals surface area contributed by atoms with Crippen LogP contribution in [0.5, 0.6) is 0 Å². The molecule has 9 heteroatoms. The van der Waals surface area contributed by atoms with Crippen molar-refractivity contribution in [1.29, 1.82) is 0 Å². The summed E-state index contributed by atoms with van der Waals surface area (Å²) in [5, 5.41) is 8.43. The van der Waals surface area contributed by atoms with Gasteiger partial charge in [0.25, 0.3) is 0 Å². The summed E-state index contributed by atoms with van der Waals surface area (Å²) in [5.74, 6) is -2.45. The second-order valence-corrected chi connectivity index (χ2v) is 8.75. The van der Waals surface area contributed by atoms with E-state index in [4.69, 9.17) is 5.11 Å². The monoisotopic (exact) mass is 475 g/mol. The Bertz CT molecular complexity index is 1210. The van der Waals surface area contributed by atoms with Crippen molar-refractivity contribution < 1.29 is 32.3 Å². The van der Waals surface area contributed by atoms with Crippen molar-refractivity contribution in [1.82, 2.24) is 0 Å². The van der Waals surface area contributed by atoms with Gasteiger partial charge in [0.2, 0.25) is 5.91 Å². The maximum Gasteiger partial charge on any atom is 0.416 e. The lowest BCUT2D eigenvalue weighted by Gasteiger charge is -2.34. The van der Waals surface area contributed by atoms with Gasteiger partial charge in [-0.25, -0.2) is 9.18 Å². The third kappa shape index (κ3) is 4.88. The van der Waals surface area contributed by atoms with E-state index in [9.17, 15) is 27.2 Å². The number of carbonyl (C=O) groups excluding carboxylic acids is 1. The van der Waals surface area contributed by atoms with Gasteiger partial charge in [-0.05, 0) is 53.9 Å². The van der Waals surface area contributed by atoms with Gasteiger partial charge in [0.15, 0.2) is 0 Å². The number of halogens is 4. The highest BCUT2D eigenvalue weighted by Crippen LogP contribution is 2.42. The Labute approximate surface area is 190 Å². The number of carboxylic acid groups (broad SMARTS) is 1. The number of aromatic carboxylic acids is 1. The Kier molecular flexibility index (Phi) is 6.16. The van der Waals surface area contributed by atoms with Gasteiger partial charge in [0.1, 0.15) is 5.82 Å². The number of hydrogen-bond donors (Lipinski definition) is 1. The first-order valence-electron chi connectivity index (χ1n) is 9.88. The highest BCUT2D eigenvalue weighted by atomic mass is 32.2. The normalized spacial score (nSPS) is 15.9. The third-order valence-electron chi connectivity index (χ3n) is 5.29. The van der Waals surface area contributed by atoms with E-state index in [0.29, 0.717) is 11.8 Å². The zero-order valence-electron chi connectivity index (χ0n) is 17.0. The molecule has 0 aliphatic carbocycles.